The molecule has 0 bridgehead atoms. The Morgan fingerprint density at radius 3 is 2.66 bits per heavy atom. The largest absolute Gasteiger partial charge is 0.335 e. The number of benzene rings is 1. The topological polar surface area (TPSA) is 81.3 Å². The van der Waals surface area contributed by atoms with Crippen LogP contribution >= 0.6 is 22.9 Å². The molecule has 3 aromatic rings. The first-order chi connectivity index (χ1) is 14.1. The van der Waals surface area contributed by atoms with Crippen LogP contribution in [-0.2, 0) is 4.79 Å². The number of carbonyl (C=O) groups is 2. The lowest BCUT2D eigenvalue weighted by Gasteiger charge is -2.33. The number of halogens is 1. The molecular weight excluding hydrogens is 410 g/mol. The summed E-state index contributed by atoms with van der Waals surface area (Å²) in [6, 6.07) is 12.9. The molecule has 1 saturated heterocycles. The molecule has 2 amide bonds. The minimum absolute atomic E-state index is 0.0933. The zero-order valence-corrected chi connectivity index (χ0v) is 17.2. The maximum Gasteiger partial charge on any atom is 0.274 e. The molecule has 4 rings (SSSR count). The Bertz CT molecular complexity index is 996. The number of amides is 2. The van der Waals surface area contributed by atoms with Crippen LogP contribution in [0.5, 0.6) is 0 Å². The number of anilines is 1. The summed E-state index contributed by atoms with van der Waals surface area (Å²) in [5.41, 5.74) is 1.87. The third-order valence-electron chi connectivity index (χ3n) is 4.76. The van der Waals surface area contributed by atoms with E-state index in [2.05, 4.69) is 15.5 Å². The molecule has 1 aliphatic heterocycles. The second kappa shape index (κ2) is 8.77. The minimum Gasteiger partial charge on any atom is -0.335 e. The third kappa shape index (κ3) is 4.67. The highest BCUT2D eigenvalue weighted by Crippen LogP contribution is 2.23. The molecule has 7 nitrogen and oxygen atoms in total. The number of nitrogens with zero attached hydrogens (tertiary/aromatic N) is 3. The Kier molecular flexibility index (Phi) is 5.94. The second-order valence-electron chi connectivity index (χ2n) is 6.74. The maximum atomic E-state index is 12.7. The van der Waals surface area contributed by atoms with Gasteiger partial charge in [0.25, 0.3) is 5.91 Å². The average molecular weight is 430 g/mol. The van der Waals surface area contributed by atoms with Crippen LogP contribution in [0.15, 0.2) is 47.8 Å². The van der Waals surface area contributed by atoms with Gasteiger partial charge in [-0.15, -0.1) is 11.3 Å². The maximum absolute atomic E-state index is 12.7. The normalized spacial score (nSPS) is 14.7. The summed E-state index contributed by atoms with van der Waals surface area (Å²) in [6.45, 7) is 2.63. The SMILES string of the molecule is O=C(CN1CCN(C(=O)c2cc(-c3cccs3)[nH]n2)CC1)Nc1ccccc1Cl. The van der Waals surface area contributed by atoms with E-state index >= 15 is 0 Å². The summed E-state index contributed by atoms with van der Waals surface area (Å²) in [5.74, 6) is -0.213. The first-order valence-electron chi connectivity index (χ1n) is 9.25. The molecule has 29 heavy (non-hydrogen) atoms. The number of rotatable bonds is 5. The summed E-state index contributed by atoms with van der Waals surface area (Å²) in [7, 11) is 0. The van der Waals surface area contributed by atoms with Gasteiger partial charge in [-0.05, 0) is 29.6 Å². The monoisotopic (exact) mass is 429 g/mol. The number of hydrogen-bond acceptors (Lipinski definition) is 5. The number of thiophene rings is 1. The fourth-order valence-electron chi connectivity index (χ4n) is 3.22. The third-order valence-corrected chi connectivity index (χ3v) is 5.99. The van der Waals surface area contributed by atoms with Crippen molar-refractivity contribution in [2.75, 3.05) is 38.0 Å². The predicted molar refractivity (Wildman–Crippen MR) is 114 cm³/mol. The van der Waals surface area contributed by atoms with Crippen LogP contribution in [-0.4, -0.2) is 64.5 Å². The van der Waals surface area contributed by atoms with E-state index in [9.17, 15) is 9.59 Å². The van der Waals surface area contributed by atoms with Gasteiger partial charge in [0.05, 0.1) is 27.8 Å². The van der Waals surface area contributed by atoms with Crippen molar-refractivity contribution in [1.82, 2.24) is 20.0 Å². The fraction of sp³-hybridized carbons (Fsp3) is 0.250. The van der Waals surface area contributed by atoms with Gasteiger partial charge >= 0.3 is 0 Å². The fourth-order valence-corrected chi connectivity index (χ4v) is 4.09. The zero-order chi connectivity index (χ0) is 20.2. The van der Waals surface area contributed by atoms with Crippen LogP contribution in [0, 0.1) is 0 Å². The lowest BCUT2D eigenvalue weighted by atomic mass is 10.2. The molecule has 0 aliphatic carbocycles. The van der Waals surface area contributed by atoms with Crippen molar-refractivity contribution in [3.8, 4) is 10.6 Å². The lowest BCUT2D eigenvalue weighted by Crippen LogP contribution is -2.50. The van der Waals surface area contributed by atoms with Crippen molar-refractivity contribution in [2.24, 2.45) is 0 Å². The van der Waals surface area contributed by atoms with Crippen molar-refractivity contribution in [1.29, 1.82) is 0 Å². The van der Waals surface area contributed by atoms with Gasteiger partial charge in [0.2, 0.25) is 5.91 Å². The van der Waals surface area contributed by atoms with E-state index < -0.39 is 0 Å². The predicted octanol–water partition coefficient (Wildman–Crippen LogP) is 3.19. The van der Waals surface area contributed by atoms with Gasteiger partial charge in [-0.25, -0.2) is 0 Å². The summed E-state index contributed by atoms with van der Waals surface area (Å²) >= 11 is 7.67. The van der Waals surface area contributed by atoms with Crippen molar-refractivity contribution >= 4 is 40.4 Å². The summed E-state index contributed by atoms with van der Waals surface area (Å²) in [4.78, 5) is 29.9. The van der Waals surface area contributed by atoms with E-state index in [0.29, 0.717) is 42.6 Å². The van der Waals surface area contributed by atoms with Crippen molar-refractivity contribution < 1.29 is 9.59 Å². The molecule has 0 radical (unpaired) electrons. The second-order valence-corrected chi connectivity index (χ2v) is 8.10. The zero-order valence-electron chi connectivity index (χ0n) is 15.6. The number of aromatic amines is 1. The molecule has 0 saturated carbocycles. The molecule has 3 heterocycles. The van der Waals surface area contributed by atoms with Gasteiger partial charge in [0.15, 0.2) is 5.69 Å². The van der Waals surface area contributed by atoms with Gasteiger partial charge in [-0.3, -0.25) is 19.6 Å². The van der Waals surface area contributed by atoms with Crippen LogP contribution in [0.3, 0.4) is 0 Å². The number of H-pyrrole nitrogens is 1. The van der Waals surface area contributed by atoms with Gasteiger partial charge in [0.1, 0.15) is 0 Å². The molecule has 2 N–H and O–H groups in total. The van der Waals surface area contributed by atoms with Crippen LogP contribution in [0.1, 0.15) is 10.5 Å². The molecular formula is C20H20ClN5O2S. The Hall–Kier alpha value is -2.68. The van der Waals surface area contributed by atoms with Crippen molar-refractivity contribution in [3.05, 3.63) is 58.6 Å². The van der Waals surface area contributed by atoms with Crippen LogP contribution < -0.4 is 5.32 Å². The van der Waals surface area contributed by atoms with Gasteiger partial charge in [-0.1, -0.05) is 29.8 Å². The number of piperazine rings is 1. The van der Waals surface area contributed by atoms with Crippen molar-refractivity contribution in [2.45, 2.75) is 0 Å². The summed E-state index contributed by atoms with van der Waals surface area (Å²) in [6.07, 6.45) is 0. The quantitative estimate of drug-likeness (QED) is 0.652. The Morgan fingerprint density at radius 2 is 1.93 bits per heavy atom. The lowest BCUT2D eigenvalue weighted by molar-refractivity contribution is -0.117. The molecule has 0 spiro atoms. The van der Waals surface area contributed by atoms with E-state index in [0.717, 1.165) is 10.6 Å². The van der Waals surface area contributed by atoms with E-state index in [1.54, 1.807) is 34.4 Å². The molecule has 0 atom stereocenters. The number of carbonyl (C=O) groups excluding carboxylic acids is 2. The van der Waals surface area contributed by atoms with Crippen molar-refractivity contribution in [3.63, 3.8) is 0 Å². The van der Waals surface area contributed by atoms with Gasteiger partial charge in [0, 0.05) is 26.2 Å². The number of aromatic nitrogens is 2. The molecule has 1 aliphatic rings. The number of hydrogen-bond donors (Lipinski definition) is 2. The van der Waals surface area contributed by atoms with Crippen LogP contribution in [0.25, 0.3) is 10.6 Å². The van der Waals surface area contributed by atoms with Gasteiger partial charge in [-0.2, -0.15) is 5.10 Å². The summed E-state index contributed by atoms with van der Waals surface area (Å²) < 4.78 is 0. The standard InChI is InChI=1S/C20H20ClN5O2S/c21-14-4-1-2-5-15(14)22-19(27)13-25-7-9-26(10-8-25)20(28)17-12-16(23-24-17)18-6-3-11-29-18/h1-6,11-12H,7-10,13H2,(H,22,27)(H,23,24). The molecule has 0 unspecified atom stereocenters. The Morgan fingerprint density at radius 1 is 1.14 bits per heavy atom. The molecule has 2 aromatic heterocycles. The molecule has 1 aromatic carbocycles. The first kappa shape index (κ1) is 19.6. The van der Waals surface area contributed by atoms with E-state index in [1.165, 1.54) is 0 Å². The highest BCUT2D eigenvalue weighted by molar-refractivity contribution is 7.13. The Balaban J connectivity index is 1.28. The molecule has 9 heteroatoms. The van der Waals surface area contributed by atoms with E-state index in [-0.39, 0.29) is 18.4 Å². The van der Waals surface area contributed by atoms with Crippen LogP contribution in [0.2, 0.25) is 5.02 Å². The number of nitrogens with one attached hydrogen (secondary N) is 2. The Labute approximate surface area is 177 Å². The summed E-state index contributed by atoms with van der Waals surface area (Å²) in [5, 5.41) is 12.4. The highest BCUT2D eigenvalue weighted by Gasteiger charge is 2.25. The van der Waals surface area contributed by atoms with Crippen LogP contribution in [0.4, 0.5) is 5.69 Å². The average Bonchev–Trinajstić information content (AvgIpc) is 3.41. The molecule has 150 valence electrons. The number of para-hydroxylation sites is 1. The van der Waals surface area contributed by atoms with E-state index in [4.69, 9.17) is 11.6 Å². The highest BCUT2D eigenvalue weighted by atomic mass is 35.5. The minimum atomic E-state index is -0.120. The first-order valence-corrected chi connectivity index (χ1v) is 10.5. The smallest absolute Gasteiger partial charge is 0.274 e. The van der Waals surface area contributed by atoms with E-state index in [1.807, 2.05) is 34.5 Å². The van der Waals surface area contributed by atoms with Gasteiger partial charge < -0.3 is 10.2 Å². The molecule has 1 fully saturated rings.